The van der Waals surface area contributed by atoms with E-state index < -0.39 is 0 Å². The van der Waals surface area contributed by atoms with Gasteiger partial charge in [-0.15, -0.1) is 0 Å². The molecule has 1 atom stereocenters. The maximum Gasteiger partial charge on any atom is 0.253 e. The Hall–Kier alpha value is -2.08. The van der Waals surface area contributed by atoms with Crippen molar-refractivity contribution in [1.82, 2.24) is 10.6 Å². The van der Waals surface area contributed by atoms with E-state index in [4.69, 9.17) is 4.74 Å². The molecule has 1 aromatic rings. The lowest BCUT2D eigenvalue weighted by atomic mass is 9.91. The van der Waals surface area contributed by atoms with Crippen molar-refractivity contribution in [3.63, 3.8) is 0 Å². The van der Waals surface area contributed by atoms with E-state index in [1.807, 2.05) is 0 Å². The SMILES string of the molecule is COc1ccc(NC(=O)C2CC23CCNCC3)c(C(=O)NC2CC2)c1. The molecule has 2 saturated carbocycles. The topological polar surface area (TPSA) is 79.5 Å². The molecule has 4 rings (SSSR count). The van der Waals surface area contributed by atoms with E-state index in [2.05, 4.69) is 16.0 Å². The Morgan fingerprint density at radius 1 is 1.24 bits per heavy atom. The quantitative estimate of drug-likeness (QED) is 0.763. The van der Waals surface area contributed by atoms with Gasteiger partial charge in [0.05, 0.1) is 18.4 Å². The molecule has 1 aliphatic heterocycles. The Balaban J connectivity index is 1.49. The molecule has 1 heterocycles. The molecule has 3 fully saturated rings. The lowest BCUT2D eigenvalue weighted by Gasteiger charge is -2.23. The van der Waals surface area contributed by atoms with Crippen LogP contribution in [0.4, 0.5) is 5.69 Å². The summed E-state index contributed by atoms with van der Waals surface area (Å²) in [5, 5.41) is 9.33. The number of hydrogen-bond donors (Lipinski definition) is 3. The maximum atomic E-state index is 12.7. The van der Waals surface area contributed by atoms with Crippen LogP contribution in [0.3, 0.4) is 0 Å². The lowest BCUT2D eigenvalue weighted by Crippen LogP contribution is -2.32. The van der Waals surface area contributed by atoms with Crippen LogP contribution in [-0.2, 0) is 4.79 Å². The summed E-state index contributed by atoms with van der Waals surface area (Å²) in [4.78, 5) is 25.2. The van der Waals surface area contributed by atoms with Crippen LogP contribution in [0, 0.1) is 11.3 Å². The molecule has 3 N–H and O–H groups in total. The summed E-state index contributed by atoms with van der Waals surface area (Å²) in [7, 11) is 1.57. The second-order valence-electron chi connectivity index (χ2n) is 7.52. The molecule has 25 heavy (non-hydrogen) atoms. The van der Waals surface area contributed by atoms with Crippen LogP contribution >= 0.6 is 0 Å². The Labute approximate surface area is 147 Å². The maximum absolute atomic E-state index is 12.7. The summed E-state index contributed by atoms with van der Waals surface area (Å²) in [6, 6.07) is 5.50. The van der Waals surface area contributed by atoms with Gasteiger partial charge in [-0.05, 0) is 68.8 Å². The Morgan fingerprint density at radius 2 is 2.00 bits per heavy atom. The number of carbonyl (C=O) groups is 2. The zero-order valence-electron chi connectivity index (χ0n) is 14.6. The third kappa shape index (κ3) is 3.35. The van der Waals surface area contributed by atoms with Crippen molar-refractivity contribution in [3.8, 4) is 5.75 Å². The van der Waals surface area contributed by atoms with E-state index in [1.54, 1.807) is 25.3 Å². The lowest BCUT2D eigenvalue weighted by molar-refractivity contribution is -0.118. The first-order valence-electron chi connectivity index (χ1n) is 9.12. The van der Waals surface area contributed by atoms with Crippen LogP contribution < -0.4 is 20.7 Å². The standard InChI is InChI=1S/C19H25N3O3/c1-25-13-4-5-16(14(10-13)17(23)21-12-2-3-12)22-18(24)15-11-19(15)6-8-20-9-7-19/h4-5,10,12,15,20H,2-3,6-9,11H2,1H3,(H,21,23)(H,22,24). The number of anilines is 1. The summed E-state index contributed by atoms with van der Waals surface area (Å²) in [5.74, 6) is 0.563. The first-order valence-corrected chi connectivity index (χ1v) is 9.12. The zero-order chi connectivity index (χ0) is 17.4. The van der Waals surface area contributed by atoms with Crippen LogP contribution in [0.5, 0.6) is 5.75 Å². The highest BCUT2D eigenvalue weighted by molar-refractivity contribution is 6.05. The van der Waals surface area contributed by atoms with Crippen LogP contribution in [0.1, 0.15) is 42.5 Å². The minimum absolute atomic E-state index is 0.0348. The molecule has 1 saturated heterocycles. The molecule has 0 radical (unpaired) electrons. The first kappa shape index (κ1) is 16.4. The van der Waals surface area contributed by atoms with Gasteiger partial charge in [-0.1, -0.05) is 0 Å². The van der Waals surface area contributed by atoms with Crippen LogP contribution in [0.15, 0.2) is 18.2 Å². The fourth-order valence-electron chi connectivity index (χ4n) is 3.85. The van der Waals surface area contributed by atoms with Gasteiger partial charge in [0.15, 0.2) is 0 Å². The van der Waals surface area contributed by atoms with E-state index in [9.17, 15) is 9.59 Å². The molecular weight excluding hydrogens is 318 g/mol. The molecule has 1 unspecified atom stereocenters. The minimum Gasteiger partial charge on any atom is -0.497 e. The van der Waals surface area contributed by atoms with Crippen molar-refractivity contribution in [2.24, 2.45) is 11.3 Å². The molecule has 134 valence electrons. The summed E-state index contributed by atoms with van der Waals surface area (Å²) in [6.45, 7) is 1.97. The van der Waals surface area contributed by atoms with Gasteiger partial charge < -0.3 is 20.7 Å². The molecule has 2 aliphatic carbocycles. The largest absolute Gasteiger partial charge is 0.497 e. The van der Waals surface area contributed by atoms with Gasteiger partial charge in [0.2, 0.25) is 5.91 Å². The average molecular weight is 343 g/mol. The van der Waals surface area contributed by atoms with Crippen LogP contribution in [0.25, 0.3) is 0 Å². The van der Waals surface area contributed by atoms with Crippen molar-refractivity contribution in [1.29, 1.82) is 0 Å². The molecule has 3 aliphatic rings. The van der Waals surface area contributed by atoms with Gasteiger partial charge in [0.25, 0.3) is 5.91 Å². The van der Waals surface area contributed by atoms with Crippen molar-refractivity contribution in [3.05, 3.63) is 23.8 Å². The Bertz CT molecular complexity index is 693. The number of carbonyl (C=O) groups excluding carboxylic acids is 2. The zero-order valence-corrected chi connectivity index (χ0v) is 14.6. The van der Waals surface area contributed by atoms with Crippen molar-refractivity contribution in [2.45, 2.75) is 38.1 Å². The van der Waals surface area contributed by atoms with Crippen molar-refractivity contribution < 1.29 is 14.3 Å². The van der Waals surface area contributed by atoms with Gasteiger partial charge in [-0.25, -0.2) is 0 Å². The second kappa shape index (κ2) is 6.33. The number of ether oxygens (including phenoxy) is 1. The molecule has 6 nitrogen and oxygen atoms in total. The van der Waals surface area contributed by atoms with Crippen molar-refractivity contribution in [2.75, 3.05) is 25.5 Å². The number of amides is 2. The van der Waals surface area contributed by atoms with Crippen LogP contribution in [0.2, 0.25) is 0 Å². The van der Waals surface area contributed by atoms with Gasteiger partial charge in [-0.3, -0.25) is 9.59 Å². The molecule has 1 spiro atoms. The molecule has 2 amide bonds. The number of benzene rings is 1. The van der Waals surface area contributed by atoms with E-state index >= 15 is 0 Å². The summed E-state index contributed by atoms with van der Waals surface area (Å²) in [5.41, 5.74) is 1.22. The van der Waals surface area contributed by atoms with Gasteiger partial charge in [-0.2, -0.15) is 0 Å². The number of nitrogens with one attached hydrogen (secondary N) is 3. The molecule has 0 aromatic heterocycles. The Kier molecular flexibility index (Phi) is 4.15. The normalized spacial score (nSPS) is 23.8. The Morgan fingerprint density at radius 3 is 2.68 bits per heavy atom. The third-order valence-electron chi connectivity index (χ3n) is 5.75. The van der Waals surface area contributed by atoms with Crippen molar-refractivity contribution >= 4 is 17.5 Å². The number of rotatable bonds is 5. The summed E-state index contributed by atoms with van der Waals surface area (Å²) < 4.78 is 5.24. The average Bonchev–Trinajstić information content (AvgIpc) is 3.54. The van der Waals surface area contributed by atoms with Gasteiger partial charge >= 0.3 is 0 Å². The molecule has 0 bridgehead atoms. The number of methoxy groups -OCH3 is 1. The van der Waals surface area contributed by atoms with E-state index in [1.165, 1.54) is 0 Å². The fraction of sp³-hybridized carbons (Fsp3) is 0.579. The third-order valence-corrected chi connectivity index (χ3v) is 5.75. The highest BCUT2D eigenvalue weighted by Gasteiger charge is 2.57. The van der Waals surface area contributed by atoms with Crippen LogP contribution in [-0.4, -0.2) is 38.1 Å². The second-order valence-corrected chi connectivity index (χ2v) is 7.52. The smallest absolute Gasteiger partial charge is 0.253 e. The monoisotopic (exact) mass is 343 g/mol. The predicted octanol–water partition coefficient (Wildman–Crippen LogP) is 1.92. The predicted molar refractivity (Wildman–Crippen MR) is 94.8 cm³/mol. The molecule has 6 heteroatoms. The summed E-state index contributed by atoms with van der Waals surface area (Å²) >= 11 is 0. The fourth-order valence-corrected chi connectivity index (χ4v) is 3.85. The van der Waals surface area contributed by atoms with Gasteiger partial charge in [0.1, 0.15) is 5.75 Å². The molecular formula is C19H25N3O3. The first-order chi connectivity index (χ1) is 12.1. The van der Waals surface area contributed by atoms with E-state index in [-0.39, 0.29) is 29.2 Å². The highest BCUT2D eigenvalue weighted by atomic mass is 16.5. The molecule has 1 aromatic carbocycles. The minimum atomic E-state index is -0.149. The highest BCUT2D eigenvalue weighted by Crippen LogP contribution is 2.58. The van der Waals surface area contributed by atoms with E-state index in [0.29, 0.717) is 17.0 Å². The summed E-state index contributed by atoms with van der Waals surface area (Å²) in [6.07, 6.45) is 5.12. The number of piperidine rings is 1. The van der Waals surface area contributed by atoms with Gasteiger partial charge in [0, 0.05) is 12.0 Å². The number of hydrogen-bond acceptors (Lipinski definition) is 4. The van der Waals surface area contributed by atoms with E-state index in [0.717, 1.165) is 45.2 Å².